The number of pyridine rings is 1. The van der Waals surface area contributed by atoms with Crippen LogP contribution in [0.1, 0.15) is 22.4 Å². The highest BCUT2D eigenvalue weighted by Crippen LogP contribution is 2.28. The van der Waals surface area contributed by atoms with Gasteiger partial charge in [0, 0.05) is 16.2 Å². The molecule has 2 heterocycles. The number of imidazole rings is 1. The molecule has 3 aromatic rings. The topological polar surface area (TPSA) is 37.5 Å². The SMILES string of the molecule is Cc1ccc(-c2nc3cc(C)c(Br)cn3c2CO)cc1C. The zero-order valence-corrected chi connectivity index (χ0v) is 13.9. The number of fused-ring (bicyclic) bond motifs is 1. The van der Waals surface area contributed by atoms with Crippen molar-refractivity contribution in [3.63, 3.8) is 0 Å². The summed E-state index contributed by atoms with van der Waals surface area (Å²) in [6.45, 7) is 6.18. The fourth-order valence-corrected chi connectivity index (χ4v) is 2.80. The highest BCUT2D eigenvalue weighted by atomic mass is 79.9. The lowest BCUT2D eigenvalue weighted by atomic mass is 10.0. The number of halogens is 1. The van der Waals surface area contributed by atoms with Crippen LogP contribution in [0, 0.1) is 20.8 Å². The minimum atomic E-state index is -0.0427. The Morgan fingerprint density at radius 1 is 1.10 bits per heavy atom. The number of aliphatic hydroxyl groups is 1. The molecule has 2 aromatic heterocycles. The van der Waals surface area contributed by atoms with E-state index in [4.69, 9.17) is 4.98 Å². The summed E-state index contributed by atoms with van der Waals surface area (Å²) in [6, 6.07) is 8.30. The second-order valence-electron chi connectivity index (χ2n) is 5.40. The van der Waals surface area contributed by atoms with Crippen LogP contribution in [-0.4, -0.2) is 14.5 Å². The van der Waals surface area contributed by atoms with E-state index in [2.05, 4.69) is 48.0 Å². The molecule has 1 aromatic carbocycles. The number of hydrogen-bond donors (Lipinski definition) is 1. The summed E-state index contributed by atoms with van der Waals surface area (Å²) in [5.41, 5.74) is 7.17. The quantitative estimate of drug-likeness (QED) is 0.757. The Kier molecular flexibility index (Phi) is 3.59. The molecule has 3 rings (SSSR count). The van der Waals surface area contributed by atoms with Crippen molar-refractivity contribution >= 4 is 21.6 Å². The van der Waals surface area contributed by atoms with Gasteiger partial charge in [-0.25, -0.2) is 4.98 Å². The first-order chi connectivity index (χ1) is 10.0. The summed E-state index contributed by atoms with van der Waals surface area (Å²) in [5, 5.41) is 9.77. The largest absolute Gasteiger partial charge is 0.390 e. The van der Waals surface area contributed by atoms with Gasteiger partial charge in [0.2, 0.25) is 0 Å². The van der Waals surface area contributed by atoms with E-state index in [0.29, 0.717) is 0 Å². The smallest absolute Gasteiger partial charge is 0.138 e. The van der Waals surface area contributed by atoms with E-state index in [0.717, 1.165) is 32.6 Å². The molecule has 21 heavy (non-hydrogen) atoms. The molecule has 1 N–H and O–H groups in total. The third kappa shape index (κ3) is 2.39. The molecule has 108 valence electrons. The lowest BCUT2D eigenvalue weighted by Crippen LogP contribution is -1.95. The van der Waals surface area contributed by atoms with Crippen LogP contribution in [0.5, 0.6) is 0 Å². The molecule has 0 radical (unpaired) electrons. The Balaban J connectivity index is 2.29. The lowest BCUT2D eigenvalue weighted by Gasteiger charge is -2.05. The van der Waals surface area contributed by atoms with Crippen molar-refractivity contribution < 1.29 is 5.11 Å². The highest BCUT2D eigenvalue weighted by molar-refractivity contribution is 9.10. The third-order valence-corrected chi connectivity index (χ3v) is 4.76. The molecule has 0 atom stereocenters. The summed E-state index contributed by atoms with van der Waals surface area (Å²) >= 11 is 3.54. The van der Waals surface area contributed by atoms with Gasteiger partial charge in [-0.2, -0.15) is 0 Å². The second-order valence-corrected chi connectivity index (χ2v) is 6.25. The molecule has 0 aliphatic carbocycles. The summed E-state index contributed by atoms with van der Waals surface area (Å²) in [6.07, 6.45) is 1.97. The number of benzene rings is 1. The number of aryl methyl sites for hydroxylation is 3. The van der Waals surface area contributed by atoms with Crippen LogP contribution in [0.25, 0.3) is 16.9 Å². The van der Waals surface area contributed by atoms with E-state index < -0.39 is 0 Å². The van der Waals surface area contributed by atoms with Gasteiger partial charge in [0.1, 0.15) is 5.65 Å². The Morgan fingerprint density at radius 3 is 2.52 bits per heavy atom. The van der Waals surface area contributed by atoms with Gasteiger partial charge in [0.05, 0.1) is 18.0 Å². The van der Waals surface area contributed by atoms with E-state index in [1.54, 1.807) is 0 Å². The molecule has 0 saturated carbocycles. The Hall–Kier alpha value is -1.65. The zero-order chi connectivity index (χ0) is 15.1. The van der Waals surface area contributed by atoms with E-state index in [1.807, 2.05) is 23.6 Å². The maximum Gasteiger partial charge on any atom is 0.138 e. The average molecular weight is 345 g/mol. The lowest BCUT2D eigenvalue weighted by molar-refractivity contribution is 0.276. The number of aliphatic hydroxyl groups excluding tert-OH is 1. The van der Waals surface area contributed by atoms with Gasteiger partial charge in [-0.05, 0) is 65.5 Å². The van der Waals surface area contributed by atoms with E-state index in [-0.39, 0.29) is 6.61 Å². The van der Waals surface area contributed by atoms with Crippen molar-refractivity contribution in [2.24, 2.45) is 0 Å². The predicted octanol–water partition coefficient (Wildman–Crippen LogP) is 4.18. The minimum Gasteiger partial charge on any atom is -0.390 e. The van der Waals surface area contributed by atoms with Gasteiger partial charge in [0.15, 0.2) is 0 Å². The monoisotopic (exact) mass is 344 g/mol. The molecule has 0 fully saturated rings. The van der Waals surface area contributed by atoms with E-state index in [1.165, 1.54) is 11.1 Å². The molecular formula is C17H17BrN2O. The Labute approximate surface area is 132 Å². The predicted molar refractivity (Wildman–Crippen MR) is 88.5 cm³/mol. The standard InChI is InChI=1S/C17H17BrN2O/c1-10-4-5-13(6-11(10)2)17-15(9-21)20-8-14(18)12(3)7-16(20)19-17/h4-8,21H,9H2,1-3H3. The van der Waals surface area contributed by atoms with Crippen molar-refractivity contribution in [3.05, 3.63) is 57.3 Å². The Morgan fingerprint density at radius 2 is 1.86 bits per heavy atom. The minimum absolute atomic E-state index is 0.0427. The van der Waals surface area contributed by atoms with Crippen molar-refractivity contribution in [3.8, 4) is 11.3 Å². The van der Waals surface area contributed by atoms with E-state index in [9.17, 15) is 5.11 Å². The van der Waals surface area contributed by atoms with Gasteiger partial charge < -0.3 is 5.11 Å². The maximum atomic E-state index is 9.77. The molecule has 0 spiro atoms. The van der Waals surface area contributed by atoms with Gasteiger partial charge in [-0.1, -0.05) is 12.1 Å². The number of nitrogens with zero attached hydrogens (tertiary/aromatic N) is 2. The summed E-state index contributed by atoms with van der Waals surface area (Å²) < 4.78 is 2.95. The fourth-order valence-electron chi connectivity index (χ4n) is 2.48. The molecule has 0 saturated heterocycles. The maximum absolute atomic E-state index is 9.77. The first-order valence-corrected chi connectivity index (χ1v) is 7.66. The first kappa shape index (κ1) is 14.3. The molecule has 0 aliphatic rings. The van der Waals surface area contributed by atoms with Gasteiger partial charge in [-0.15, -0.1) is 0 Å². The summed E-state index contributed by atoms with van der Waals surface area (Å²) in [5.74, 6) is 0. The Bertz CT molecular complexity index is 836. The van der Waals surface area contributed by atoms with Crippen LogP contribution in [-0.2, 0) is 6.61 Å². The number of rotatable bonds is 2. The highest BCUT2D eigenvalue weighted by Gasteiger charge is 2.14. The second kappa shape index (κ2) is 5.28. The molecule has 0 aliphatic heterocycles. The van der Waals surface area contributed by atoms with Crippen LogP contribution in [0.15, 0.2) is 34.9 Å². The van der Waals surface area contributed by atoms with Crippen molar-refractivity contribution in [1.29, 1.82) is 0 Å². The van der Waals surface area contributed by atoms with Crippen LogP contribution in [0.4, 0.5) is 0 Å². The average Bonchev–Trinajstić information content (AvgIpc) is 2.80. The molecule has 3 nitrogen and oxygen atoms in total. The van der Waals surface area contributed by atoms with Gasteiger partial charge in [0.25, 0.3) is 0 Å². The summed E-state index contributed by atoms with van der Waals surface area (Å²) in [4.78, 5) is 4.71. The fraction of sp³-hybridized carbons (Fsp3) is 0.235. The third-order valence-electron chi connectivity index (χ3n) is 3.93. The van der Waals surface area contributed by atoms with Crippen LogP contribution < -0.4 is 0 Å². The van der Waals surface area contributed by atoms with Crippen LogP contribution in [0.3, 0.4) is 0 Å². The van der Waals surface area contributed by atoms with Gasteiger partial charge in [-0.3, -0.25) is 4.40 Å². The zero-order valence-electron chi connectivity index (χ0n) is 12.3. The molecule has 0 amide bonds. The normalized spacial score (nSPS) is 11.3. The molecular weight excluding hydrogens is 328 g/mol. The van der Waals surface area contributed by atoms with Crippen LogP contribution in [0.2, 0.25) is 0 Å². The first-order valence-electron chi connectivity index (χ1n) is 6.87. The number of aromatic nitrogens is 2. The molecule has 4 heteroatoms. The van der Waals surface area contributed by atoms with Crippen molar-refractivity contribution in [2.75, 3.05) is 0 Å². The van der Waals surface area contributed by atoms with Gasteiger partial charge >= 0.3 is 0 Å². The molecule has 0 unspecified atom stereocenters. The van der Waals surface area contributed by atoms with E-state index >= 15 is 0 Å². The van der Waals surface area contributed by atoms with Crippen LogP contribution >= 0.6 is 15.9 Å². The van der Waals surface area contributed by atoms with Crippen molar-refractivity contribution in [2.45, 2.75) is 27.4 Å². The number of hydrogen-bond acceptors (Lipinski definition) is 2. The molecule has 0 bridgehead atoms. The van der Waals surface area contributed by atoms with Crippen molar-refractivity contribution in [1.82, 2.24) is 9.38 Å². The summed E-state index contributed by atoms with van der Waals surface area (Å²) in [7, 11) is 0.